The zero-order valence-electron chi connectivity index (χ0n) is 17.4. The molecular formula is C25H20F3N3O2. The highest BCUT2D eigenvalue weighted by Gasteiger charge is 2.30. The van der Waals surface area contributed by atoms with E-state index in [2.05, 4.69) is 10.3 Å². The molecule has 4 aromatic rings. The molecule has 0 aliphatic carbocycles. The summed E-state index contributed by atoms with van der Waals surface area (Å²) in [6.07, 6.45) is 1.06. The summed E-state index contributed by atoms with van der Waals surface area (Å²) >= 11 is 0. The number of amides is 1. The number of carbonyl (C=O) groups is 1. The van der Waals surface area contributed by atoms with Crippen molar-refractivity contribution in [1.82, 2.24) is 14.7 Å². The van der Waals surface area contributed by atoms with Crippen molar-refractivity contribution in [2.45, 2.75) is 19.3 Å². The minimum atomic E-state index is -4.43. The topological polar surface area (TPSA) is 55.6 Å². The van der Waals surface area contributed by atoms with Gasteiger partial charge in [0.25, 0.3) is 0 Å². The number of rotatable bonds is 7. The maximum absolute atomic E-state index is 12.8. The first-order valence-corrected chi connectivity index (χ1v) is 10.1. The number of carbonyl (C=O) groups excluding carboxylic acids is 1. The number of fused-ring (bicyclic) bond motifs is 1. The molecule has 0 spiro atoms. The fraction of sp³-hybridized carbons (Fsp3) is 0.120. The molecule has 0 aliphatic rings. The molecule has 0 unspecified atom stereocenters. The molecule has 1 amide bonds. The number of alkyl halides is 3. The summed E-state index contributed by atoms with van der Waals surface area (Å²) in [5.41, 5.74) is 1.96. The highest BCUT2D eigenvalue weighted by atomic mass is 19.4. The molecule has 33 heavy (non-hydrogen) atoms. The Labute approximate surface area is 188 Å². The van der Waals surface area contributed by atoms with Crippen LogP contribution in [0.15, 0.2) is 85.2 Å². The van der Waals surface area contributed by atoms with Crippen molar-refractivity contribution >= 4 is 17.6 Å². The number of imidazole rings is 1. The fourth-order valence-corrected chi connectivity index (χ4v) is 3.12. The second kappa shape index (κ2) is 9.60. The van der Waals surface area contributed by atoms with Gasteiger partial charge in [0.15, 0.2) is 0 Å². The summed E-state index contributed by atoms with van der Waals surface area (Å²) < 4.78 is 45.5. The normalized spacial score (nSPS) is 11.7. The first-order chi connectivity index (χ1) is 15.9. The van der Waals surface area contributed by atoms with E-state index in [1.807, 2.05) is 54.6 Å². The third kappa shape index (κ3) is 6.00. The van der Waals surface area contributed by atoms with Crippen molar-refractivity contribution < 1.29 is 22.7 Å². The lowest BCUT2D eigenvalue weighted by Crippen LogP contribution is -2.20. The molecule has 5 nitrogen and oxygen atoms in total. The third-order valence-electron chi connectivity index (χ3n) is 4.83. The molecule has 8 heteroatoms. The summed E-state index contributed by atoms with van der Waals surface area (Å²) in [5.74, 6) is 0.383. The van der Waals surface area contributed by atoms with Gasteiger partial charge in [0.2, 0.25) is 5.91 Å². The third-order valence-corrected chi connectivity index (χ3v) is 4.83. The monoisotopic (exact) mass is 451 g/mol. The largest absolute Gasteiger partial charge is 0.489 e. The standard InChI is InChI=1S/C25H20F3N3O2/c26-25(27,28)20-9-12-23-30-21(16-31(23)15-20)14-29-24(32)13-8-18-6-10-22(11-7-18)33-17-19-4-2-1-3-5-19/h1-13,15-16H,14,17H2,(H,29,32)/b13-8+. The molecule has 0 atom stereocenters. The lowest BCUT2D eigenvalue weighted by Gasteiger charge is -2.06. The van der Waals surface area contributed by atoms with E-state index in [9.17, 15) is 18.0 Å². The second-order valence-corrected chi connectivity index (χ2v) is 7.31. The average molecular weight is 451 g/mol. The van der Waals surface area contributed by atoms with Gasteiger partial charge < -0.3 is 14.5 Å². The number of aromatic nitrogens is 2. The Morgan fingerprint density at radius 3 is 2.48 bits per heavy atom. The Morgan fingerprint density at radius 1 is 1.00 bits per heavy atom. The van der Waals surface area contributed by atoms with Crippen LogP contribution in [0.4, 0.5) is 13.2 Å². The van der Waals surface area contributed by atoms with Gasteiger partial charge in [-0.2, -0.15) is 13.2 Å². The molecular weight excluding hydrogens is 431 g/mol. The molecule has 4 rings (SSSR count). The van der Waals surface area contributed by atoms with Gasteiger partial charge in [-0.3, -0.25) is 4.79 Å². The molecule has 0 bridgehead atoms. The number of nitrogens with one attached hydrogen (secondary N) is 1. The Morgan fingerprint density at radius 2 is 1.76 bits per heavy atom. The van der Waals surface area contributed by atoms with Gasteiger partial charge in [0, 0.05) is 18.5 Å². The van der Waals surface area contributed by atoms with Crippen molar-refractivity contribution in [2.24, 2.45) is 0 Å². The van der Waals surface area contributed by atoms with Crippen molar-refractivity contribution in [3.63, 3.8) is 0 Å². The Hall–Kier alpha value is -4.07. The van der Waals surface area contributed by atoms with Crippen molar-refractivity contribution in [2.75, 3.05) is 0 Å². The van der Waals surface area contributed by atoms with Crippen LogP contribution in [-0.4, -0.2) is 15.3 Å². The Bertz CT molecular complexity index is 1260. The second-order valence-electron chi connectivity index (χ2n) is 7.31. The van der Waals surface area contributed by atoms with Crippen LogP contribution < -0.4 is 10.1 Å². The molecule has 2 aromatic heterocycles. The van der Waals surface area contributed by atoms with Gasteiger partial charge >= 0.3 is 6.18 Å². The molecule has 0 saturated carbocycles. The van der Waals surface area contributed by atoms with Crippen molar-refractivity contribution in [3.05, 3.63) is 108 Å². The molecule has 1 N–H and O–H groups in total. The van der Waals surface area contributed by atoms with Crippen LogP contribution in [0.1, 0.15) is 22.4 Å². The zero-order chi connectivity index (χ0) is 23.3. The molecule has 2 aromatic carbocycles. The van der Waals surface area contributed by atoms with E-state index in [0.717, 1.165) is 29.1 Å². The van der Waals surface area contributed by atoms with Crippen LogP contribution in [0.5, 0.6) is 5.75 Å². The maximum Gasteiger partial charge on any atom is 0.417 e. The van der Waals surface area contributed by atoms with Crippen LogP contribution in [0.3, 0.4) is 0 Å². The van der Waals surface area contributed by atoms with E-state index >= 15 is 0 Å². The highest BCUT2D eigenvalue weighted by Crippen LogP contribution is 2.29. The first kappa shape index (κ1) is 22.1. The van der Waals surface area contributed by atoms with E-state index < -0.39 is 11.7 Å². The minimum Gasteiger partial charge on any atom is -0.489 e. The Kier molecular flexibility index (Phi) is 6.44. The van der Waals surface area contributed by atoms with Crippen LogP contribution in [0.2, 0.25) is 0 Å². The van der Waals surface area contributed by atoms with Crippen molar-refractivity contribution in [3.8, 4) is 5.75 Å². The van der Waals surface area contributed by atoms with E-state index in [4.69, 9.17) is 4.74 Å². The van der Waals surface area contributed by atoms with Gasteiger partial charge in [0.1, 0.15) is 18.0 Å². The summed E-state index contributed by atoms with van der Waals surface area (Å²) in [6, 6.07) is 19.4. The van der Waals surface area contributed by atoms with E-state index in [-0.39, 0.29) is 12.5 Å². The molecule has 168 valence electrons. The van der Waals surface area contributed by atoms with Gasteiger partial charge in [-0.25, -0.2) is 4.98 Å². The SMILES string of the molecule is O=C(/C=C/c1ccc(OCc2ccccc2)cc1)NCc1cn2cc(C(F)(F)F)ccc2n1. The van der Waals surface area contributed by atoms with Crippen molar-refractivity contribution in [1.29, 1.82) is 0 Å². The van der Waals surface area contributed by atoms with E-state index in [0.29, 0.717) is 17.9 Å². The summed E-state index contributed by atoms with van der Waals surface area (Å²) in [5, 5.41) is 2.68. The number of pyridine rings is 1. The maximum atomic E-state index is 12.8. The predicted octanol–water partition coefficient (Wildman–Crippen LogP) is 5.26. The summed E-state index contributed by atoms with van der Waals surface area (Å²) in [7, 11) is 0. The van der Waals surface area contributed by atoms with Crippen LogP contribution in [0, 0.1) is 0 Å². The average Bonchev–Trinajstić information content (AvgIpc) is 3.23. The van der Waals surface area contributed by atoms with Gasteiger partial charge in [0.05, 0.1) is 17.8 Å². The molecule has 2 heterocycles. The van der Waals surface area contributed by atoms with Crippen LogP contribution in [0.25, 0.3) is 11.7 Å². The molecule has 0 saturated heterocycles. The smallest absolute Gasteiger partial charge is 0.417 e. The number of halogens is 3. The predicted molar refractivity (Wildman–Crippen MR) is 118 cm³/mol. The van der Waals surface area contributed by atoms with E-state index in [1.54, 1.807) is 6.08 Å². The quantitative estimate of drug-likeness (QED) is 0.390. The van der Waals surface area contributed by atoms with Gasteiger partial charge in [-0.15, -0.1) is 0 Å². The van der Waals surface area contributed by atoms with E-state index in [1.165, 1.54) is 22.7 Å². The number of benzene rings is 2. The summed E-state index contributed by atoms with van der Waals surface area (Å²) in [4.78, 5) is 16.3. The van der Waals surface area contributed by atoms with Crippen LogP contribution >= 0.6 is 0 Å². The lowest BCUT2D eigenvalue weighted by atomic mass is 10.2. The molecule has 0 radical (unpaired) electrons. The lowest BCUT2D eigenvalue weighted by molar-refractivity contribution is -0.137. The zero-order valence-corrected chi connectivity index (χ0v) is 17.4. The van der Waals surface area contributed by atoms with Gasteiger partial charge in [-0.1, -0.05) is 42.5 Å². The highest BCUT2D eigenvalue weighted by molar-refractivity contribution is 5.91. The first-order valence-electron chi connectivity index (χ1n) is 10.1. The Balaban J connectivity index is 1.29. The number of ether oxygens (including phenoxy) is 1. The summed E-state index contributed by atoms with van der Waals surface area (Å²) in [6.45, 7) is 0.567. The number of hydrogen-bond donors (Lipinski definition) is 1. The minimum absolute atomic E-state index is 0.0957. The molecule has 0 aliphatic heterocycles. The molecule has 0 fully saturated rings. The number of nitrogens with zero attached hydrogens (tertiary/aromatic N) is 2. The van der Waals surface area contributed by atoms with Gasteiger partial charge in [-0.05, 0) is 41.5 Å². The van der Waals surface area contributed by atoms with Crippen LogP contribution in [-0.2, 0) is 24.1 Å². The number of hydrogen-bond acceptors (Lipinski definition) is 3. The fourth-order valence-electron chi connectivity index (χ4n) is 3.12.